The Morgan fingerprint density at radius 1 is 0.517 bits per heavy atom. The molecule has 0 aliphatic carbocycles. The summed E-state index contributed by atoms with van der Waals surface area (Å²) < 4.78 is 22.2. The molecule has 60 heavy (non-hydrogen) atoms. The van der Waals surface area contributed by atoms with Crippen molar-refractivity contribution in [2.45, 2.75) is 263 Å². The second-order valence-corrected chi connectivity index (χ2v) is 17.3. The fourth-order valence-electron chi connectivity index (χ4n) is 7.64. The zero-order valence-electron chi connectivity index (χ0n) is 38.5. The van der Waals surface area contributed by atoms with Gasteiger partial charge in [-0.2, -0.15) is 0 Å². The first-order valence-electron chi connectivity index (χ1n) is 24.9. The molecule has 0 aromatic carbocycles. The van der Waals surface area contributed by atoms with Gasteiger partial charge >= 0.3 is 11.9 Å². The molecule has 352 valence electrons. The number of hydrogen-bond donors (Lipinski definition) is 4. The molecule has 1 saturated heterocycles. The molecule has 1 aliphatic rings. The Morgan fingerprint density at radius 3 is 1.45 bits per heavy atom. The van der Waals surface area contributed by atoms with Crippen LogP contribution in [0.15, 0.2) is 24.3 Å². The summed E-state index contributed by atoms with van der Waals surface area (Å²) in [4.78, 5) is 25.4. The largest absolute Gasteiger partial charge is 0.462 e. The summed E-state index contributed by atoms with van der Waals surface area (Å²) in [6, 6.07) is 0. The zero-order valence-corrected chi connectivity index (χ0v) is 38.5. The molecule has 1 aliphatic heterocycles. The topological polar surface area (TPSA) is 152 Å². The number of hydrogen-bond acceptors (Lipinski definition) is 10. The molecule has 6 atom stereocenters. The van der Waals surface area contributed by atoms with E-state index in [1.54, 1.807) is 0 Å². The van der Waals surface area contributed by atoms with E-state index in [0.717, 1.165) is 64.2 Å². The summed E-state index contributed by atoms with van der Waals surface area (Å²) in [6.45, 7) is 3.37. The average Bonchev–Trinajstić information content (AvgIpc) is 3.25. The Morgan fingerprint density at radius 2 is 0.967 bits per heavy atom. The number of ether oxygens (including phenoxy) is 4. The molecular weight excluding hydrogens is 761 g/mol. The van der Waals surface area contributed by atoms with Crippen molar-refractivity contribution in [3.05, 3.63) is 24.3 Å². The predicted octanol–water partition coefficient (Wildman–Crippen LogP) is 11.3. The van der Waals surface area contributed by atoms with E-state index >= 15 is 0 Å². The van der Waals surface area contributed by atoms with Gasteiger partial charge in [-0.1, -0.05) is 199 Å². The highest BCUT2D eigenvalue weighted by Gasteiger charge is 2.44. The van der Waals surface area contributed by atoms with Crippen molar-refractivity contribution in [1.29, 1.82) is 0 Å². The molecule has 1 heterocycles. The molecule has 10 nitrogen and oxygen atoms in total. The fourth-order valence-corrected chi connectivity index (χ4v) is 7.64. The van der Waals surface area contributed by atoms with Gasteiger partial charge < -0.3 is 39.4 Å². The van der Waals surface area contributed by atoms with Crippen LogP contribution in [0.4, 0.5) is 0 Å². The quantitative estimate of drug-likeness (QED) is 0.0265. The molecule has 0 bridgehead atoms. The maximum absolute atomic E-state index is 12.8. The van der Waals surface area contributed by atoms with E-state index in [-0.39, 0.29) is 32.0 Å². The van der Waals surface area contributed by atoms with Crippen LogP contribution in [0.5, 0.6) is 0 Å². The Kier molecular flexibility index (Phi) is 38.6. The third-order valence-electron chi connectivity index (χ3n) is 11.6. The van der Waals surface area contributed by atoms with Gasteiger partial charge in [-0.25, -0.2) is 0 Å². The average molecular weight is 853 g/mol. The van der Waals surface area contributed by atoms with Gasteiger partial charge in [-0.3, -0.25) is 9.59 Å². The summed E-state index contributed by atoms with van der Waals surface area (Å²) in [5.41, 5.74) is 0. The maximum Gasteiger partial charge on any atom is 0.306 e. The minimum absolute atomic E-state index is 0.216. The summed E-state index contributed by atoms with van der Waals surface area (Å²) in [5, 5.41) is 40.1. The van der Waals surface area contributed by atoms with Gasteiger partial charge in [0.25, 0.3) is 0 Å². The SMILES string of the molecule is CCC/C=C\C/C=C\CCCCCCCC(=O)OC(COC(=O)CCCCCCCCCCCCCCCCCCCCCCCC)COC1OC(CO)C(O)C(O)C1O. The first kappa shape index (κ1) is 56.2. The van der Waals surface area contributed by atoms with Crippen molar-refractivity contribution >= 4 is 11.9 Å². The Labute approximate surface area is 366 Å². The predicted molar refractivity (Wildman–Crippen MR) is 243 cm³/mol. The van der Waals surface area contributed by atoms with Gasteiger partial charge in [0, 0.05) is 12.8 Å². The molecule has 1 rings (SSSR count). The monoisotopic (exact) mass is 853 g/mol. The van der Waals surface area contributed by atoms with Gasteiger partial charge in [0.05, 0.1) is 13.2 Å². The van der Waals surface area contributed by atoms with E-state index in [0.29, 0.717) is 6.42 Å². The van der Waals surface area contributed by atoms with Crippen LogP contribution >= 0.6 is 0 Å². The molecule has 10 heteroatoms. The minimum atomic E-state index is -1.60. The smallest absolute Gasteiger partial charge is 0.306 e. The second-order valence-electron chi connectivity index (χ2n) is 17.3. The number of esters is 2. The lowest BCUT2D eigenvalue weighted by atomic mass is 9.99. The van der Waals surface area contributed by atoms with Gasteiger partial charge in [-0.15, -0.1) is 0 Å². The third kappa shape index (κ3) is 31.9. The van der Waals surface area contributed by atoms with Gasteiger partial charge in [0.1, 0.15) is 31.0 Å². The molecule has 6 unspecified atom stereocenters. The van der Waals surface area contributed by atoms with Crippen molar-refractivity contribution in [2.75, 3.05) is 19.8 Å². The Bertz CT molecular complexity index is 1030. The van der Waals surface area contributed by atoms with Crippen LogP contribution in [-0.4, -0.2) is 89.0 Å². The normalized spacial score (nSPS) is 20.0. The molecule has 0 amide bonds. The molecule has 0 spiro atoms. The summed E-state index contributed by atoms with van der Waals surface area (Å²) in [6.07, 6.45) is 39.1. The number of carbonyl (C=O) groups excluding carboxylic acids is 2. The van der Waals surface area contributed by atoms with Crippen molar-refractivity contribution < 1.29 is 49.0 Å². The van der Waals surface area contributed by atoms with Gasteiger partial charge in [0.2, 0.25) is 0 Å². The number of allylic oxidation sites excluding steroid dienone is 4. The van der Waals surface area contributed by atoms with Gasteiger partial charge in [-0.05, 0) is 38.5 Å². The number of carbonyl (C=O) groups is 2. The van der Waals surface area contributed by atoms with E-state index < -0.39 is 49.4 Å². The molecule has 1 fully saturated rings. The van der Waals surface area contributed by atoms with Crippen molar-refractivity contribution in [3.63, 3.8) is 0 Å². The Hall–Kier alpha value is -1.82. The molecule has 0 radical (unpaired) electrons. The van der Waals surface area contributed by atoms with Crippen LogP contribution in [0.25, 0.3) is 0 Å². The first-order valence-corrected chi connectivity index (χ1v) is 24.9. The lowest BCUT2D eigenvalue weighted by Gasteiger charge is -2.39. The number of rotatable bonds is 42. The highest BCUT2D eigenvalue weighted by atomic mass is 16.7. The number of aliphatic hydroxyl groups is 4. The number of unbranched alkanes of at least 4 members (excludes halogenated alkanes) is 27. The molecular formula is C50H92O10. The standard InChI is InChI=1S/C50H92O10/c1-3-5-7-9-11-13-15-17-18-19-20-21-22-23-24-25-27-28-30-32-34-36-38-45(52)57-41-43(42-58-50-49(56)48(55)47(54)44(40-51)60-50)59-46(53)39-37-35-33-31-29-26-16-14-12-10-8-6-4-2/h8,10,14,16,43-44,47-51,54-56H,3-7,9,11-13,15,17-42H2,1-2H3/b10-8-,16-14-. The summed E-state index contributed by atoms with van der Waals surface area (Å²) in [7, 11) is 0. The highest BCUT2D eigenvalue weighted by molar-refractivity contribution is 5.70. The van der Waals surface area contributed by atoms with Gasteiger partial charge in [0.15, 0.2) is 12.4 Å². The van der Waals surface area contributed by atoms with Crippen LogP contribution in [-0.2, 0) is 28.5 Å². The first-order chi connectivity index (χ1) is 29.3. The molecule has 0 aromatic rings. The van der Waals surface area contributed by atoms with E-state index in [9.17, 15) is 30.0 Å². The van der Waals surface area contributed by atoms with Crippen molar-refractivity contribution in [3.8, 4) is 0 Å². The van der Waals surface area contributed by atoms with E-state index in [1.165, 1.54) is 128 Å². The lowest BCUT2D eigenvalue weighted by Crippen LogP contribution is -2.59. The second kappa shape index (κ2) is 41.2. The summed E-state index contributed by atoms with van der Waals surface area (Å²) in [5.74, 6) is -0.813. The molecule has 0 aromatic heterocycles. The number of aliphatic hydroxyl groups excluding tert-OH is 4. The molecule has 4 N–H and O–H groups in total. The van der Waals surface area contributed by atoms with Crippen molar-refractivity contribution in [2.24, 2.45) is 0 Å². The van der Waals surface area contributed by atoms with Crippen LogP contribution in [0.2, 0.25) is 0 Å². The zero-order chi connectivity index (χ0) is 43.7. The Balaban J connectivity index is 2.23. The fraction of sp³-hybridized carbons (Fsp3) is 0.880. The van der Waals surface area contributed by atoms with E-state index in [2.05, 4.69) is 38.2 Å². The van der Waals surface area contributed by atoms with Crippen LogP contribution in [0.3, 0.4) is 0 Å². The summed E-state index contributed by atoms with van der Waals surface area (Å²) >= 11 is 0. The minimum Gasteiger partial charge on any atom is -0.462 e. The van der Waals surface area contributed by atoms with Crippen molar-refractivity contribution in [1.82, 2.24) is 0 Å². The van der Waals surface area contributed by atoms with Crippen LogP contribution < -0.4 is 0 Å². The lowest BCUT2D eigenvalue weighted by molar-refractivity contribution is -0.305. The van der Waals surface area contributed by atoms with Crippen LogP contribution in [0, 0.1) is 0 Å². The molecule has 0 saturated carbocycles. The maximum atomic E-state index is 12.8. The van der Waals surface area contributed by atoms with E-state index in [1.807, 2.05) is 0 Å². The van der Waals surface area contributed by atoms with E-state index in [4.69, 9.17) is 18.9 Å². The third-order valence-corrected chi connectivity index (χ3v) is 11.6. The highest BCUT2D eigenvalue weighted by Crippen LogP contribution is 2.23. The van der Waals surface area contributed by atoms with Crippen LogP contribution in [0.1, 0.15) is 226 Å².